The number of hydrogen-bond donors (Lipinski definition) is 0. The maximum absolute atomic E-state index is 13.0. The zero-order valence-corrected chi connectivity index (χ0v) is 16.2. The molecule has 0 radical (unpaired) electrons. The maximum atomic E-state index is 13.0. The van der Waals surface area contributed by atoms with E-state index in [0.29, 0.717) is 29.6 Å². The molecule has 5 nitrogen and oxygen atoms in total. The first-order valence-electron chi connectivity index (χ1n) is 9.45. The second kappa shape index (κ2) is 6.54. The third kappa shape index (κ3) is 3.35. The Balaban J connectivity index is 1.51. The summed E-state index contributed by atoms with van der Waals surface area (Å²) in [7, 11) is 0. The minimum Gasteiger partial charge on any atom is -0.340 e. The molecule has 2 saturated heterocycles. The average Bonchev–Trinajstić information content (AvgIpc) is 3.45. The molecule has 1 aliphatic carbocycles. The Kier molecular flexibility index (Phi) is 4.48. The number of carbonyl (C=O) groups excluding carboxylic acids is 2. The van der Waals surface area contributed by atoms with E-state index in [0.717, 1.165) is 32.5 Å². The molecular weight excluding hydrogens is 350 g/mol. The van der Waals surface area contributed by atoms with Gasteiger partial charge in [0, 0.05) is 60.8 Å². The van der Waals surface area contributed by atoms with Gasteiger partial charge in [-0.25, -0.2) is 0 Å². The number of halogens is 1. The fourth-order valence-electron chi connectivity index (χ4n) is 4.40. The van der Waals surface area contributed by atoms with Gasteiger partial charge in [-0.05, 0) is 51.0 Å². The van der Waals surface area contributed by atoms with Gasteiger partial charge in [-0.1, -0.05) is 11.6 Å². The summed E-state index contributed by atoms with van der Waals surface area (Å²) < 4.78 is 0. The molecule has 2 heterocycles. The van der Waals surface area contributed by atoms with E-state index in [1.54, 1.807) is 24.3 Å². The van der Waals surface area contributed by atoms with Gasteiger partial charge in [-0.3, -0.25) is 14.5 Å². The molecular formula is C20H26ClN3O2. The van der Waals surface area contributed by atoms with Crippen LogP contribution in [0.5, 0.6) is 0 Å². The number of fused-ring (bicyclic) bond motifs is 1. The van der Waals surface area contributed by atoms with Crippen LogP contribution in [0.4, 0.5) is 0 Å². The summed E-state index contributed by atoms with van der Waals surface area (Å²) >= 11 is 5.95. The molecule has 0 N–H and O–H groups in total. The Morgan fingerprint density at radius 2 is 1.69 bits per heavy atom. The van der Waals surface area contributed by atoms with Crippen molar-refractivity contribution < 1.29 is 9.59 Å². The fraction of sp³-hybridized carbons (Fsp3) is 0.600. The molecule has 3 aliphatic rings. The van der Waals surface area contributed by atoms with Crippen molar-refractivity contribution in [2.75, 3.05) is 32.7 Å². The van der Waals surface area contributed by atoms with Gasteiger partial charge in [0.05, 0.1) is 0 Å². The molecule has 1 saturated carbocycles. The highest BCUT2D eigenvalue weighted by molar-refractivity contribution is 6.30. The molecule has 1 unspecified atom stereocenters. The number of benzene rings is 1. The Hall–Kier alpha value is -1.59. The number of carbonyl (C=O) groups is 2. The molecule has 26 heavy (non-hydrogen) atoms. The Morgan fingerprint density at radius 3 is 2.35 bits per heavy atom. The lowest BCUT2D eigenvalue weighted by Gasteiger charge is -2.55. The second-order valence-electron chi connectivity index (χ2n) is 8.41. The van der Waals surface area contributed by atoms with Crippen LogP contribution in [0.2, 0.25) is 5.02 Å². The summed E-state index contributed by atoms with van der Waals surface area (Å²) in [5.74, 6) is 0.605. The molecule has 0 spiro atoms. The van der Waals surface area contributed by atoms with E-state index < -0.39 is 0 Å². The lowest BCUT2D eigenvalue weighted by Crippen LogP contribution is -2.70. The lowest BCUT2D eigenvalue weighted by atomic mass is 9.92. The fourth-order valence-corrected chi connectivity index (χ4v) is 4.53. The van der Waals surface area contributed by atoms with E-state index in [1.807, 2.05) is 9.80 Å². The highest BCUT2D eigenvalue weighted by Crippen LogP contribution is 2.34. The molecule has 0 bridgehead atoms. The normalized spacial score (nSPS) is 25.7. The number of rotatable bonds is 2. The lowest BCUT2D eigenvalue weighted by molar-refractivity contribution is -0.139. The van der Waals surface area contributed by atoms with Crippen molar-refractivity contribution in [2.45, 2.75) is 38.3 Å². The molecule has 2 aliphatic heterocycles. The van der Waals surface area contributed by atoms with E-state index in [4.69, 9.17) is 11.6 Å². The predicted molar refractivity (Wildman–Crippen MR) is 101 cm³/mol. The Bertz CT molecular complexity index is 714. The largest absolute Gasteiger partial charge is 0.340 e. The molecule has 0 aromatic heterocycles. The van der Waals surface area contributed by atoms with Gasteiger partial charge in [0.25, 0.3) is 5.91 Å². The topological polar surface area (TPSA) is 43.9 Å². The zero-order valence-electron chi connectivity index (χ0n) is 15.4. The van der Waals surface area contributed by atoms with Crippen molar-refractivity contribution >= 4 is 23.4 Å². The number of hydrogen-bond acceptors (Lipinski definition) is 3. The second-order valence-corrected chi connectivity index (χ2v) is 8.85. The van der Waals surface area contributed by atoms with Gasteiger partial charge < -0.3 is 9.80 Å². The van der Waals surface area contributed by atoms with Gasteiger partial charge in [0.1, 0.15) is 0 Å². The highest BCUT2D eigenvalue weighted by atomic mass is 35.5. The van der Waals surface area contributed by atoms with E-state index >= 15 is 0 Å². The van der Waals surface area contributed by atoms with Crippen molar-refractivity contribution in [3.8, 4) is 0 Å². The molecule has 6 heteroatoms. The number of amides is 2. The van der Waals surface area contributed by atoms with Crippen molar-refractivity contribution in [3.63, 3.8) is 0 Å². The zero-order chi connectivity index (χ0) is 18.5. The van der Waals surface area contributed by atoms with Crippen molar-refractivity contribution in [1.82, 2.24) is 14.7 Å². The Morgan fingerprint density at radius 1 is 1.04 bits per heavy atom. The van der Waals surface area contributed by atoms with E-state index in [9.17, 15) is 9.59 Å². The monoisotopic (exact) mass is 375 g/mol. The third-order valence-corrected chi connectivity index (χ3v) is 6.14. The molecule has 1 atom stereocenters. The van der Waals surface area contributed by atoms with Crippen LogP contribution in [-0.4, -0.2) is 70.8 Å². The summed E-state index contributed by atoms with van der Waals surface area (Å²) in [5.41, 5.74) is 0.570. The van der Waals surface area contributed by atoms with Crippen LogP contribution >= 0.6 is 11.6 Å². The maximum Gasteiger partial charge on any atom is 0.253 e. The third-order valence-electron chi connectivity index (χ3n) is 5.89. The summed E-state index contributed by atoms with van der Waals surface area (Å²) in [4.78, 5) is 31.9. The quantitative estimate of drug-likeness (QED) is 0.797. The summed E-state index contributed by atoms with van der Waals surface area (Å²) in [5, 5.41) is 0.633. The van der Waals surface area contributed by atoms with Crippen molar-refractivity contribution in [2.24, 2.45) is 5.92 Å². The first-order valence-corrected chi connectivity index (χ1v) is 9.83. The SMILES string of the molecule is CC1(C)CN(C(=O)c2ccc(Cl)cc2)CC2CN(C(=O)C3CC3)CCN21. The highest BCUT2D eigenvalue weighted by Gasteiger charge is 2.45. The van der Waals surface area contributed by atoms with E-state index in [2.05, 4.69) is 18.7 Å². The van der Waals surface area contributed by atoms with Crippen LogP contribution in [0.25, 0.3) is 0 Å². The molecule has 4 rings (SSSR count). The smallest absolute Gasteiger partial charge is 0.253 e. The molecule has 2 amide bonds. The minimum atomic E-state index is -0.0975. The van der Waals surface area contributed by atoms with Crippen LogP contribution in [0, 0.1) is 5.92 Å². The van der Waals surface area contributed by atoms with Crippen LogP contribution < -0.4 is 0 Å². The standard InChI is InChI=1S/C20H26ClN3O2/c1-20(2)13-23(19(26)15-5-7-16(21)8-6-15)12-17-11-22(9-10-24(17)20)18(25)14-3-4-14/h5-8,14,17H,3-4,9-13H2,1-2H3. The average molecular weight is 376 g/mol. The first-order chi connectivity index (χ1) is 12.3. The first kappa shape index (κ1) is 17.8. The van der Waals surface area contributed by atoms with Crippen LogP contribution in [-0.2, 0) is 4.79 Å². The Labute approximate surface area is 159 Å². The minimum absolute atomic E-state index is 0.0417. The molecule has 1 aromatic carbocycles. The number of nitrogens with zero attached hydrogens (tertiary/aromatic N) is 3. The number of piperazine rings is 2. The molecule has 1 aromatic rings. The molecule has 3 fully saturated rings. The van der Waals surface area contributed by atoms with Crippen LogP contribution in [0.3, 0.4) is 0 Å². The van der Waals surface area contributed by atoms with Gasteiger partial charge >= 0.3 is 0 Å². The van der Waals surface area contributed by atoms with Crippen molar-refractivity contribution in [1.29, 1.82) is 0 Å². The van der Waals surface area contributed by atoms with Gasteiger partial charge in [0.15, 0.2) is 0 Å². The van der Waals surface area contributed by atoms with E-state index in [-0.39, 0.29) is 23.4 Å². The van der Waals surface area contributed by atoms with Gasteiger partial charge in [-0.2, -0.15) is 0 Å². The predicted octanol–water partition coefficient (Wildman–Crippen LogP) is 2.50. The van der Waals surface area contributed by atoms with Gasteiger partial charge in [-0.15, -0.1) is 0 Å². The summed E-state index contributed by atoms with van der Waals surface area (Å²) in [6.07, 6.45) is 2.08. The van der Waals surface area contributed by atoms with Gasteiger partial charge in [0.2, 0.25) is 5.91 Å². The van der Waals surface area contributed by atoms with Crippen LogP contribution in [0.15, 0.2) is 24.3 Å². The van der Waals surface area contributed by atoms with Crippen LogP contribution in [0.1, 0.15) is 37.0 Å². The molecule has 140 valence electrons. The summed E-state index contributed by atoms with van der Waals surface area (Å²) in [6.45, 7) is 8.17. The van der Waals surface area contributed by atoms with Crippen molar-refractivity contribution in [3.05, 3.63) is 34.9 Å². The van der Waals surface area contributed by atoms with E-state index in [1.165, 1.54) is 0 Å². The summed E-state index contributed by atoms with van der Waals surface area (Å²) in [6, 6.07) is 7.29.